The highest BCUT2D eigenvalue weighted by atomic mass is 16.4. The molecule has 12 heteroatoms. The number of rotatable bonds is 16. The second kappa shape index (κ2) is 34.2. The lowest BCUT2D eigenvalue weighted by atomic mass is 9.81. The van der Waals surface area contributed by atoms with Gasteiger partial charge in [-0.15, -0.1) is 0 Å². The van der Waals surface area contributed by atoms with Gasteiger partial charge in [-0.05, 0) is 86.1 Å². The topological polar surface area (TPSA) is 230 Å². The second-order valence-electron chi connectivity index (χ2n) is 15.1. The molecule has 0 radical (unpaired) electrons. The molecule has 5 unspecified atom stereocenters. The predicted octanol–water partition coefficient (Wildman–Crippen LogP) is 10.1. The van der Waals surface area contributed by atoms with Crippen molar-refractivity contribution < 1.29 is 60.0 Å². The minimum atomic E-state index is -0.879. The maximum absolute atomic E-state index is 10.2. The fourth-order valence-corrected chi connectivity index (χ4v) is 5.66. The van der Waals surface area contributed by atoms with Crippen molar-refractivity contribution in [1.82, 2.24) is 0 Å². The summed E-state index contributed by atoms with van der Waals surface area (Å²) in [6.07, 6.45) is 4.56. The molecule has 0 aromatic heterocycles. The van der Waals surface area contributed by atoms with Gasteiger partial charge in [-0.2, -0.15) is 0 Å². The first kappa shape index (κ1) is 58.7. The number of hydrogen-bond acceptors (Lipinski definition) is 8. The van der Waals surface area contributed by atoms with Crippen LogP contribution in [0.5, 0.6) is 0 Å². The molecule has 344 valence electrons. The van der Waals surface area contributed by atoms with Gasteiger partial charge in [0.25, 0.3) is 0 Å². The van der Waals surface area contributed by atoms with Crippen LogP contribution < -0.4 is 0 Å². The van der Waals surface area contributed by atoms with E-state index in [2.05, 4.69) is 13.8 Å². The Bertz CT molecular complexity index is 1540. The normalized spacial score (nSPS) is 13.0. The molecule has 0 bridgehead atoms. The van der Waals surface area contributed by atoms with Gasteiger partial charge in [-0.25, -0.2) is 19.2 Å². The summed E-state index contributed by atoms with van der Waals surface area (Å²) in [7, 11) is 0. The van der Waals surface area contributed by atoms with E-state index in [4.69, 9.17) is 20.4 Å². The first-order chi connectivity index (χ1) is 29.2. The standard InChI is InChI=1S/2C11H24O2.4C7H6O2/c1-5-7-11(13,9(3)4)8-10(12)6-2;1-5-7-9(10(12)6-2)11(13)8(3)4;4*8-7(9)6-4-2-1-3-5-6/h9-10,12-13H,5-8H2,1-4H3;8-13H,5-7H2,1-4H3;4*1-5H,(H,8,9). The smallest absolute Gasteiger partial charge is 0.335 e. The van der Waals surface area contributed by atoms with Crippen molar-refractivity contribution in [3.05, 3.63) is 144 Å². The molecule has 0 saturated carbocycles. The molecule has 4 aromatic carbocycles. The zero-order valence-corrected chi connectivity index (χ0v) is 37.7. The summed E-state index contributed by atoms with van der Waals surface area (Å²) in [5.41, 5.74) is 0.648. The fourth-order valence-electron chi connectivity index (χ4n) is 5.66. The van der Waals surface area contributed by atoms with Crippen LogP contribution in [0.25, 0.3) is 0 Å². The van der Waals surface area contributed by atoms with E-state index in [1.165, 1.54) is 0 Å². The number of carboxylic acid groups (broad SMARTS) is 4. The molecule has 4 rings (SSSR count). The molecule has 0 aliphatic rings. The summed E-state index contributed by atoms with van der Waals surface area (Å²) in [5.74, 6) is -3.02. The van der Waals surface area contributed by atoms with Crippen LogP contribution in [0.1, 0.15) is 142 Å². The lowest BCUT2D eigenvalue weighted by Gasteiger charge is -2.33. The number of benzene rings is 4. The van der Waals surface area contributed by atoms with E-state index in [9.17, 15) is 39.6 Å². The van der Waals surface area contributed by atoms with Crippen LogP contribution >= 0.6 is 0 Å². The van der Waals surface area contributed by atoms with Crippen molar-refractivity contribution >= 4 is 23.9 Å². The summed E-state index contributed by atoms with van der Waals surface area (Å²) >= 11 is 0. The Kier molecular flexibility index (Phi) is 32.4. The maximum atomic E-state index is 10.2. The van der Waals surface area contributed by atoms with Gasteiger partial charge in [-0.1, -0.05) is 141 Å². The van der Waals surface area contributed by atoms with Gasteiger partial charge in [0, 0.05) is 12.3 Å². The molecule has 0 amide bonds. The number of aliphatic hydroxyl groups is 4. The average Bonchev–Trinajstić information content (AvgIpc) is 3.27. The molecule has 12 nitrogen and oxygen atoms in total. The second-order valence-corrected chi connectivity index (χ2v) is 15.1. The molecule has 0 fully saturated rings. The van der Waals surface area contributed by atoms with E-state index < -0.39 is 29.5 Å². The highest BCUT2D eigenvalue weighted by Crippen LogP contribution is 2.28. The van der Waals surface area contributed by atoms with Crippen molar-refractivity contribution in [3.63, 3.8) is 0 Å². The minimum Gasteiger partial charge on any atom is -0.478 e. The van der Waals surface area contributed by atoms with E-state index in [1.807, 2.05) is 41.5 Å². The molecule has 4 aromatic rings. The van der Waals surface area contributed by atoms with Crippen LogP contribution in [0.2, 0.25) is 0 Å². The third-order valence-electron chi connectivity index (χ3n) is 9.56. The Hall–Kier alpha value is -5.40. The Labute approximate surface area is 368 Å². The van der Waals surface area contributed by atoms with Crippen molar-refractivity contribution in [1.29, 1.82) is 0 Å². The van der Waals surface area contributed by atoms with E-state index in [0.29, 0.717) is 28.7 Å². The molecule has 5 atom stereocenters. The molecule has 62 heavy (non-hydrogen) atoms. The fraction of sp³-hybridized carbons (Fsp3) is 0.440. The first-order valence-electron chi connectivity index (χ1n) is 21.1. The van der Waals surface area contributed by atoms with Gasteiger partial charge >= 0.3 is 23.9 Å². The zero-order valence-electron chi connectivity index (χ0n) is 37.7. The Morgan fingerprint density at radius 3 is 0.984 bits per heavy atom. The number of hydrogen-bond donors (Lipinski definition) is 8. The first-order valence-corrected chi connectivity index (χ1v) is 21.1. The Balaban J connectivity index is 0. The Morgan fingerprint density at radius 2 is 0.806 bits per heavy atom. The minimum absolute atomic E-state index is 0.0509. The SMILES string of the molecule is CCCC(C(O)CC)C(O)C(C)C.CCCC(O)(CC(O)CC)C(C)C.O=C(O)c1ccccc1.O=C(O)c1ccccc1.O=C(O)c1ccccc1.O=C(O)c1ccccc1. The molecule has 8 N–H and O–H groups in total. The molecular formula is C50H72O12. The van der Waals surface area contributed by atoms with E-state index in [0.717, 1.165) is 38.5 Å². The number of carbonyl (C=O) groups is 4. The van der Waals surface area contributed by atoms with Gasteiger partial charge in [0.15, 0.2) is 0 Å². The Morgan fingerprint density at radius 1 is 0.500 bits per heavy atom. The van der Waals surface area contributed by atoms with Crippen LogP contribution in [0, 0.1) is 17.8 Å². The summed E-state index contributed by atoms with van der Waals surface area (Å²) in [5, 5.41) is 72.8. The molecular weight excluding hydrogens is 793 g/mol. The summed E-state index contributed by atoms with van der Waals surface area (Å²) < 4.78 is 0. The summed E-state index contributed by atoms with van der Waals surface area (Å²) in [6, 6.07) is 33.2. The van der Waals surface area contributed by atoms with E-state index in [1.54, 1.807) is 121 Å². The maximum Gasteiger partial charge on any atom is 0.335 e. The largest absolute Gasteiger partial charge is 0.478 e. The van der Waals surface area contributed by atoms with Crippen LogP contribution in [-0.2, 0) is 0 Å². The van der Waals surface area contributed by atoms with Crippen molar-refractivity contribution in [2.24, 2.45) is 17.8 Å². The van der Waals surface area contributed by atoms with E-state index >= 15 is 0 Å². The molecule has 0 heterocycles. The van der Waals surface area contributed by atoms with Crippen LogP contribution in [0.3, 0.4) is 0 Å². The zero-order chi connectivity index (χ0) is 47.7. The quantitative estimate of drug-likeness (QED) is 0.0526. The van der Waals surface area contributed by atoms with Gasteiger partial charge in [0.2, 0.25) is 0 Å². The van der Waals surface area contributed by atoms with Crippen molar-refractivity contribution in [3.8, 4) is 0 Å². The van der Waals surface area contributed by atoms with Crippen LogP contribution in [0.4, 0.5) is 0 Å². The highest BCUT2D eigenvalue weighted by Gasteiger charge is 2.32. The summed E-state index contributed by atoms with van der Waals surface area (Å²) in [4.78, 5) is 40.8. The predicted molar refractivity (Wildman–Crippen MR) is 245 cm³/mol. The van der Waals surface area contributed by atoms with Crippen LogP contribution in [0.15, 0.2) is 121 Å². The average molecular weight is 865 g/mol. The van der Waals surface area contributed by atoms with Crippen molar-refractivity contribution in [2.75, 3.05) is 0 Å². The lowest BCUT2D eigenvalue weighted by Crippen LogP contribution is -2.38. The molecule has 0 spiro atoms. The van der Waals surface area contributed by atoms with Gasteiger partial charge in [0.05, 0.1) is 46.2 Å². The van der Waals surface area contributed by atoms with Crippen molar-refractivity contribution in [2.45, 2.75) is 124 Å². The lowest BCUT2D eigenvalue weighted by molar-refractivity contribution is -0.0531. The van der Waals surface area contributed by atoms with E-state index in [-0.39, 0.29) is 36.1 Å². The molecule has 0 aliphatic carbocycles. The third-order valence-corrected chi connectivity index (χ3v) is 9.56. The number of aliphatic hydroxyl groups excluding tert-OH is 3. The van der Waals surface area contributed by atoms with Gasteiger partial charge < -0.3 is 40.9 Å². The number of aromatic carboxylic acids is 4. The van der Waals surface area contributed by atoms with Gasteiger partial charge in [0.1, 0.15) is 0 Å². The third kappa shape index (κ3) is 26.7. The highest BCUT2D eigenvalue weighted by molar-refractivity contribution is 5.88. The number of carboxylic acids is 4. The monoisotopic (exact) mass is 865 g/mol. The molecule has 0 saturated heterocycles. The van der Waals surface area contributed by atoms with Crippen LogP contribution in [-0.4, -0.2) is 88.6 Å². The summed E-state index contributed by atoms with van der Waals surface area (Å²) in [6.45, 7) is 16.1. The van der Waals surface area contributed by atoms with Gasteiger partial charge in [-0.3, -0.25) is 0 Å². The molecule has 0 aliphatic heterocycles.